The molecule has 12 heteroatoms. The molecule has 0 saturated carbocycles. The molecule has 0 aromatic carbocycles. The number of carboxylic acid groups (broad SMARTS) is 2. The summed E-state index contributed by atoms with van der Waals surface area (Å²) in [4.78, 5) is 20.7. The molecule has 6 N–H and O–H groups in total. The van der Waals surface area contributed by atoms with Gasteiger partial charge in [-0.1, -0.05) is 57.4 Å². The average Bonchev–Trinajstić information content (AvgIpc) is 2.97. The lowest BCUT2D eigenvalue weighted by Gasteiger charge is -2.36. The van der Waals surface area contributed by atoms with Crippen LogP contribution in [0.5, 0.6) is 0 Å². The summed E-state index contributed by atoms with van der Waals surface area (Å²) in [5.41, 5.74) is 0. The van der Waals surface area contributed by atoms with E-state index in [1.165, 1.54) is 6.08 Å². The number of rotatable bonds is 21. The Balaban J connectivity index is 0.000000460. The van der Waals surface area contributed by atoms with Crippen LogP contribution in [0.15, 0.2) is 12.2 Å². The largest absolute Gasteiger partial charge is 0.481 e. The highest BCUT2D eigenvalue weighted by molar-refractivity contribution is 5.79. The van der Waals surface area contributed by atoms with Gasteiger partial charge in [-0.25, -0.2) is 4.79 Å². The smallest absolute Gasteiger partial charge is 0.327 e. The molecule has 270 valence electrons. The fourth-order valence-electron chi connectivity index (χ4n) is 5.37. The quantitative estimate of drug-likeness (QED) is 0.0735. The summed E-state index contributed by atoms with van der Waals surface area (Å²) in [5.74, 6) is -1.62. The van der Waals surface area contributed by atoms with E-state index in [1.807, 2.05) is 13.8 Å². The number of aliphatic hydroxyl groups is 4. The van der Waals surface area contributed by atoms with Gasteiger partial charge in [0.25, 0.3) is 0 Å². The summed E-state index contributed by atoms with van der Waals surface area (Å²) in [6.07, 6.45) is 11.7. The number of aliphatic carboxylic acids is 2. The van der Waals surface area contributed by atoms with Crippen LogP contribution in [-0.4, -0.2) is 104 Å². The zero-order valence-corrected chi connectivity index (χ0v) is 28.4. The highest BCUT2D eigenvalue weighted by Crippen LogP contribution is 2.24. The van der Waals surface area contributed by atoms with E-state index in [4.69, 9.17) is 29.2 Å². The molecule has 0 spiro atoms. The van der Waals surface area contributed by atoms with Crippen LogP contribution in [0, 0.1) is 0 Å². The van der Waals surface area contributed by atoms with Crippen molar-refractivity contribution >= 4 is 11.9 Å². The van der Waals surface area contributed by atoms with Crippen molar-refractivity contribution in [1.82, 2.24) is 0 Å². The van der Waals surface area contributed by atoms with E-state index in [0.717, 1.165) is 83.5 Å². The van der Waals surface area contributed by atoms with Crippen LogP contribution in [0.2, 0.25) is 0 Å². The normalized spacial score (nSPS) is 29.6. The molecule has 0 aromatic rings. The van der Waals surface area contributed by atoms with Gasteiger partial charge in [0.05, 0.1) is 36.6 Å². The highest BCUT2D eigenvalue weighted by atomic mass is 16.7. The Kier molecular flexibility index (Phi) is 22.6. The Hall–Kier alpha value is -1.64. The maximum absolute atomic E-state index is 10.4. The molecule has 0 aromatic heterocycles. The molecule has 2 aliphatic heterocycles. The first kappa shape index (κ1) is 42.4. The molecule has 2 heterocycles. The Labute approximate surface area is 275 Å². The van der Waals surface area contributed by atoms with Gasteiger partial charge in [-0.05, 0) is 59.8 Å². The first-order valence-electron chi connectivity index (χ1n) is 17.2. The van der Waals surface area contributed by atoms with Crippen molar-refractivity contribution in [2.75, 3.05) is 0 Å². The fraction of sp³-hybridized carbons (Fsp3) is 0.882. The molecule has 0 bridgehead atoms. The predicted molar refractivity (Wildman–Crippen MR) is 172 cm³/mol. The van der Waals surface area contributed by atoms with Gasteiger partial charge in [0, 0.05) is 25.3 Å². The van der Waals surface area contributed by atoms with E-state index in [-0.39, 0.29) is 43.7 Å². The van der Waals surface area contributed by atoms with Crippen molar-refractivity contribution in [3.05, 3.63) is 12.2 Å². The van der Waals surface area contributed by atoms with Gasteiger partial charge < -0.3 is 49.6 Å². The van der Waals surface area contributed by atoms with Crippen molar-refractivity contribution in [3.8, 4) is 0 Å². The third-order valence-corrected chi connectivity index (χ3v) is 8.35. The summed E-state index contributed by atoms with van der Waals surface area (Å²) in [7, 11) is 0. The van der Waals surface area contributed by atoms with Crippen LogP contribution < -0.4 is 0 Å². The van der Waals surface area contributed by atoms with Gasteiger partial charge in [-0.2, -0.15) is 0 Å². The van der Waals surface area contributed by atoms with Crippen LogP contribution in [0.1, 0.15) is 130 Å². The maximum Gasteiger partial charge on any atom is 0.327 e. The molecule has 4 unspecified atom stereocenters. The summed E-state index contributed by atoms with van der Waals surface area (Å²) in [6.45, 7) is 7.48. The van der Waals surface area contributed by atoms with Crippen molar-refractivity contribution in [1.29, 1.82) is 0 Å². The Morgan fingerprint density at radius 3 is 1.52 bits per heavy atom. The number of carbonyl (C=O) groups is 2. The van der Waals surface area contributed by atoms with Crippen LogP contribution in [-0.2, 0) is 28.5 Å². The Morgan fingerprint density at radius 2 is 1.09 bits per heavy atom. The lowest BCUT2D eigenvalue weighted by atomic mass is 10.0. The number of aliphatic hydroxyl groups excluding tert-OH is 4. The zero-order valence-electron chi connectivity index (χ0n) is 28.4. The number of hydrogen-bond donors (Lipinski definition) is 6. The molecule has 10 atom stereocenters. The van der Waals surface area contributed by atoms with Crippen molar-refractivity contribution in [2.24, 2.45) is 0 Å². The van der Waals surface area contributed by atoms with Crippen molar-refractivity contribution in [3.63, 3.8) is 0 Å². The second-order valence-electron chi connectivity index (χ2n) is 12.8. The molecule has 46 heavy (non-hydrogen) atoms. The molecule has 2 fully saturated rings. The van der Waals surface area contributed by atoms with Gasteiger partial charge in [0.15, 0.2) is 12.6 Å². The SMILES string of the molecule is CC1O[C@@H](O[C@@H](C)CCCCCC/C=C/C(=O)O)C(O)C[C@H]1O.CC1O[C@@H](O[C@@H](C)CCCCCCCCC(=O)O)C(O)C[C@H]1O. The minimum absolute atomic E-state index is 0.00380. The second kappa shape index (κ2) is 24.5. The minimum atomic E-state index is -0.898. The van der Waals surface area contributed by atoms with Crippen LogP contribution >= 0.6 is 0 Å². The van der Waals surface area contributed by atoms with Crippen molar-refractivity contribution in [2.45, 2.75) is 192 Å². The Bertz CT molecular complexity index is 839. The molecule has 2 aliphatic rings. The predicted octanol–water partition coefficient (Wildman–Crippen LogP) is 4.68. The van der Waals surface area contributed by atoms with E-state index in [9.17, 15) is 30.0 Å². The van der Waals surface area contributed by atoms with E-state index in [0.29, 0.717) is 0 Å². The molecular weight excluding hydrogens is 600 g/mol. The maximum atomic E-state index is 10.4. The fourth-order valence-corrected chi connectivity index (χ4v) is 5.37. The van der Waals surface area contributed by atoms with Gasteiger partial charge in [0.1, 0.15) is 12.2 Å². The van der Waals surface area contributed by atoms with Gasteiger partial charge in [-0.15, -0.1) is 0 Å². The second-order valence-corrected chi connectivity index (χ2v) is 12.8. The summed E-state index contributed by atoms with van der Waals surface area (Å²) < 4.78 is 22.5. The first-order chi connectivity index (χ1) is 21.8. The van der Waals surface area contributed by atoms with E-state index < -0.39 is 48.9 Å². The highest BCUT2D eigenvalue weighted by Gasteiger charge is 2.36. The molecule has 12 nitrogen and oxygen atoms in total. The molecule has 0 aliphatic carbocycles. The van der Waals surface area contributed by atoms with Crippen LogP contribution in [0.25, 0.3) is 0 Å². The molecular formula is C34H62O12. The summed E-state index contributed by atoms with van der Waals surface area (Å²) in [5, 5.41) is 56.0. The third-order valence-electron chi connectivity index (χ3n) is 8.35. The third kappa shape index (κ3) is 19.9. The number of hydrogen-bond acceptors (Lipinski definition) is 10. The molecule has 2 rings (SSSR count). The summed E-state index contributed by atoms with van der Waals surface area (Å²) in [6, 6.07) is 0. The first-order valence-corrected chi connectivity index (χ1v) is 17.2. The lowest BCUT2D eigenvalue weighted by molar-refractivity contribution is -0.273. The lowest BCUT2D eigenvalue weighted by Crippen LogP contribution is -2.48. The average molecular weight is 663 g/mol. The standard InChI is InChI=1S/C17H32O6.C17H30O6/c2*1-12(9-7-5-3-4-6-8-10-16(20)21)22-17-15(19)11-14(18)13(2)23-17/h12-15,17-19H,3-11H2,1-2H3,(H,20,21);8,10,12-15,17-19H,3-7,9,11H2,1-2H3,(H,20,21)/b;10-8+/t2*12-,13?,14+,15?,17+/m00/s1. The topological polar surface area (TPSA) is 192 Å². The number of carboxylic acids is 2. The van der Waals surface area contributed by atoms with Gasteiger partial charge in [0.2, 0.25) is 0 Å². The van der Waals surface area contributed by atoms with Gasteiger partial charge in [-0.3, -0.25) is 4.79 Å². The van der Waals surface area contributed by atoms with Crippen LogP contribution in [0.3, 0.4) is 0 Å². The minimum Gasteiger partial charge on any atom is -0.481 e. The van der Waals surface area contributed by atoms with E-state index in [2.05, 4.69) is 0 Å². The summed E-state index contributed by atoms with van der Waals surface area (Å²) >= 11 is 0. The molecule has 0 amide bonds. The van der Waals surface area contributed by atoms with E-state index in [1.54, 1.807) is 19.9 Å². The molecule has 2 saturated heterocycles. The Morgan fingerprint density at radius 1 is 0.674 bits per heavy atom. The van der Waals surface area contributed by atoms with Crippen molar-refractivity contribution < 1.29 is 59.2 Å². The van der Waals surface area contributed by atoms with E-state index >= 15 is 0 Å². The van der Waals surface area contributed by atoms with Gasteiger partial charge >= 0.3 is 11.9 Å². The number of unbranched alkanes of at least 4 members (excludes halogenated alkanes) is 9. The monoisotopic (exact) mass is 662 g/mol. The zero-order chi connectivity index (χ0) is 34.5. The molecule has 0 radical (unpaired) electrons. The number of ether oxygens (including phenoxy) is 4. The number of allylic oxidation sites excluding steroid dienone is 1. The van der Waals surface area contributed by atoms with Crippen LogP contribution in [0.4, 0.5) is 0 Å².